The summed E-state index contributed by atoms with van der Waals surface area (Å²) in [5.74, 6) is 1.25. The highest BCUT2D eigenvalue weighted by molar-refractivity contribution is 5.23. The van der Waals surface area contributed by atoms with E-state index in [1.54, 1.807) is 6.07 Å². The minimum absolute atomic E-state index is 0.107. The monoisotopic (exact) mass is 276 g/mol. The Morgan fingerprint density at radius 1 is 1.35 bits per heavy atom. The van der Waals surface area contributed by atoms with E-state index in [1.165, 1.54) is 37.6 Å². The molecule has 1 aromatic rings. The van der Waals surface area contributed by atoms with Crippen LogP contribution in [-0.4, -0.2) is 37.6 Å². The molecule has 2 nitrogen and oxygen atoms in total. The van der Waals surface area contributed by atoms with E-state index in [9.17, 15) is 4.39 Å². The summed E-state index contributed by atoms with van der Waals surface area (Å²) in [6, 6.07) is 7.73. The number of nitrogens with zero attached hydrogens (tertiary/aromatic N) is 1. The molecule has 1 unspecified atom stereocenters. The molecule has 1 heterocycles. The maximum atomic E-state index is 13.2. The fraction of sp³-hybridized carbons (Fsp3) is 0.647. The van der Waals surface area contributed by atoms with Crippen LogP contribution in [0.5, 0.6) is 0 Å². The third-order valence-corrected chi connectivity index (χ3v) is 4.88. The van der Waals surface area contributed by atoms with Crippen LogP contribution in [0, 0.1) is 11.7 Å². The van der Waals surface area contributed by atoms with Gasteiger partial charge in [0, 0.05) is 12.6 Å². The summed E-state index contributed by atoms with van der Waals surface area (Å²) >= 11 is 0. The highest BCUT2D eigenvalue weighted by Gasteiger charge is 2.30. The fourth-order valence-electron chi connectivity index (χ4n) is 3.59. The highest BCUT2D eigenvalue weighted by atomic mass is 19.1. The van der Waals surface area contributed by atoms with Crippen LogP contribution in [0.15, 0.2) is 24.3 Å². The number of benzene rings is 1. The van der Waals surface area contributed by atoms with Crippen molar-refractivity contribution in [2.24, 2.45) is 5.92 Å². The molecule has 110 valence electrons. The Morgan fingerprint density at radius 3 is 2.95 bits per heavy atom. The van der Waals surface area contributed by atoms with Gasteiger partial charge in [-0.1, -0.05) is 12.1 Å². The molecular formula is C17H25FN2. The smallest absolute Gasteiger partial charge is 0.123 e. The second-order valence-corrected chi connectivity index (χ2v) is 6.60. The number of rotatable bonds is 4. The zero-order chi connectivity index (χ0) is 13.9. The molecule has 0 radical (unpaired) electrons. The summed E-state index contributed by atoms with van der Waals surface area (Å²) in [7, 11) is 2.22. The Morgan fingerprint density at radius 2 is 2.20 bits per heavy atom. The van der Waals surface area contributed by atoms with Gasteiger partial charge in [0.2, 0.25) is 0 Å². The van der Waals surface area contributed by atoms with Gasteiger partial charge in [0.25, 0.3) is 0 Å². The zero-order valence-corrected chi connectivity index (χ0v) is 12.3. The van der Waals surface area contributed by atoms with E-state index < -0.39 is 0 Å². The minimum atomic E-state index is -0.107. The largest absolute Gasteiger partial charge is 0.314 e. The third kappa shape index (κ3) is 3.39. The Labute approximate surface area is 121 Å². The molecule has 2 aliphatic rings. The van der Waals surface area contributed by atoms with Gasteiger partial charge in [0.1, 0.15) is 5.82 Å². The van der Waals surface area contributed by atoms with E-state index in [0.717, 1.165) is 25.3 Å². The molecule has 0 amide bonds. The molecule has 1 aliphatic heterocycles. The molecule has 0 bridgehead atoms. The normalized spacial score (nSPS) is 31.0. The van der Waals surface area contributed by atoms with Crippen molar-refractivity contribution < 1.29 is 4.39 Å². The lowest BCUT2D eigenvalue weighted by Gasteiger charge is -2.38. The van der Waals surface area contributed by atoms with E-state index in [0.29, 0.717) is 12.0 Å². The molecule has 2 fully saturated rings. The van der Waals surface area contributed by atoms with Gasteiger partial charge in [-0.05, 0) is 75.4 Å². The summed E-state index contributed by atoms with van der Waals surface area (Å²) in [5.41, 5.74) is 1.17. The summed E-state index contributed by atoms with van der Waals surface area (Å²) < 4.78 is 13.2. The van der Waals surface area contributed by atoms with Gasteiger partial charge in [0.05, 0.1) is 0 Å². The molecule has 1 saturated carbocycles. The predicted octanol–water partition coefficient (Wildman–Crippen LogP) is 3.00. The van der Waals surface area contributed by atoms with Gasteiger partial charge in [-0.15, -0.1) is 0 Å². The quantitative estimate of drug-likeness (QED) is 0.909. The van der Waals surface area contributed by atoms with Crippen LogP contribution in [0.4, 0.5) is 4.39 Å². The molecule has 3 rings (SSSR count). The molecule has 3 heteroatoms. The van der Waals surface area contributed by atoms with Gasteiger partial charge >= 0.3 is 0 Å². The lowest BCUT2D eigenvalue weighted by atomic mass is 9.75. The molecule has 0 aromatic heterocycles. The maximum Gasteiger partial charge on any atom is 0.123 e. The average molecular weight is 276 g/mol. The first-order chi connectivity index (χ1) is 9.70. The van der Waals surface area contributed by atoms with E-state index in [2.05, 4.69) is 23.3 Å². The number of nitrogens with one attached hydrogen (secondary N) is 1. The average Bonchev–Trinajstić information content (AvgIpc) is 2.37. The number of hydrogen-bond acceptors (Lipinski definition) is 2. The summed E-state index contributed by atoms with van der Waals surface area (Å²) in [6.45, 7) is 3.62. The lowest BCUT2D eigenvalue weighted by molar-refractivity contribution is 0.190. The maximum absolute atomic E-state index is 13.2. The fourth-order valence-corrected chi connectivity index (χ4v) is 3.59. The minimum Gasteiger partial charge on any atom is -0.314 e. The van der Waals surface area contributed by atoms with Crippen molar-refractivity contribution in [1.82, 2.24) is 10.2 Å². The van der Waals surface area contributed by atoms with Crippen molar-refractivity contribution in [2.45, 2.75) is 37.6 Å². The Balaban J connectivity index is 1.40. The predicted molar refractivity (Wildman–Crippen MR) is 80.4 cm³/mol. The Kier molecular flexibility index (Phi) is 4.37. The molecular weight excluding hydrogens is 251 g/mol. The van der Waals surface area contributed by atoms with E-state index in [4.69, 9.17) is 0 Å². The molecule has 1 atom stereocenters. The van der Waals surface area contributed by atoms with Gasteiger partial charge in [-0.2, -0.15) is 0 Å². The molecule has 0 spiro atoms. The third-order valence-electron chi connectivity index (χ3n) is 4.88. The molecule has 20 heavy (non-hydrogen) atoms. The van der Waals surface area contributed by atoms with Gasteiger partial charge in [-0.3, -0.25) is 0 Å². The van der Waals surface area contributed by atoms with Crippen molar-refractivity contribution in [3.05, 3.63) is 35.6 Å². The van der Waals surface area contributed by atoms with Crippen LogP contribution in [-0.2, 0) is 0 Å². The van der Waals surface area contributed by atoms with Crippen molar-refractivity contribution in [2.75, 3.05) is 26.7 Å². The van der Waals surface area contributed by atoms with Crippen molar-refractivity contribution in [1.29, 1.82) is 0 Å². The molecule has 1 saturated heterocycles. The number of hydrogen-bond donors (Lipinski definition) is 1. The van der Waals surface area contributed by atoms with E-state index in [-0.39, 0.29) is 5.82 Å². The first-order valence-corrected chi connectivity index (χ1v) is 7.88. The zero-order valence-electron chi connectivity index (χ0n) is 12.3. The van der Waals surface area contributed by atoms with Crippen molar-refractivity contribution in [3.8, 4) is 0 Å². The summed E-state index contributed by atoms with van der Waals surface area (Å²) in [4.78, 5) is 2.44. The van der Waals surface area contributed by atoms with E-state index in [1.807, 2.05) is 6.07 Å². The van der Waals surface area contributed by atoms with Crippen LogP contribution >= 0.6 is 0 Å². The molecule has 1 aromatic carbocycles. The van der Waals surface area contributed by atoms with Gasteiger partial charge in [-0.25, -0.2) is 4.39 Å². The first-order valence-electron chi connectivity index (χ1n) is 7.88. The standard InChI is InChI=1S/C17H25FN2/c1-20-7-3-4-13(12-20)11-19-17-9-15(10-17)14-5-2-6-16(18)8-14/h2,5-6,8,13,15,17,19H,3-4,7,9-12H2,1H3. The number of halogens is 1. The Bertz CT molecular complexity index is 442. The Hall–Kier alpha value is -0.930. The van der Waals surface area contributed by atoms with Crippen LogP contribution in [0.3, 0.4) is 0 Å². The molecule has 1 aliphatic carbocycles. The van der Waals surface area contributed by atoms with Crippen LogP contribution in [0.1, 0.15) is 37.2 Å². The summed E-state index contributed by atoms with van der Waals surface area (Å²) in [5, 5.41) is 3.70. The van der Waals surface area contributed by atoms with Crippen LogP contribution in [0.25, 0.3) is 0 Å². The van der Waals surface area contributed by atoms with Crippen LogP contribution < -0.4 is 5.32 Å². The topological polar surface area (TPSA) is 15.3 Å². The summed E-state index contributed by atoms with van der Waals surface area (Å²) in [6.07, 6.45) is 5.01. The second kappa shape index (κ2) is 6.23. The van der Waals surface area contributed by atoms with Crippen LogP contribution in [0.2, 0.25) is 0 Å². The SMILES string of the molecule is CN1CCCC(CNC2CC(c3cccc(F)c3)C2)C1. The van der Waals surface area contributed by atoms with Gasteiger partial charge in [0.15, 0.2) is 0 Å². The highest BCUT2D eigenvalue weighted by Crippen LogP contribution is 2.37. The van der Waals surface area contributed by atoms with Gasteiger partial charge < -0.3 is 10.2 Å². The van der Waals surface area contributed by atoms with Crippen molar-refractivity contribution >= 4 is 0 Å². The lowest BCUT2D eigenvalue weighted by Crippen LogP contribution is -2.45. The van der Waals surface area contributed by atoms with Crippen molar-refractivity contribution in [3.63, 3.8) is 0 Å². The number of likely N-dealkylation sites (tertiary alicyclic amines) is 1. The van der Waals surface area contributed by atoms with E-state index >= 15 is 0 Å². The molecule has 1 N–H and O–H groups in total. The number of piperidine rings is 1. The first kappa shape index (κ1) is 14.0. The second-order valence-electron chi connectivity index (χ2n) is 6.60.